The Bertz CT molecular complexity index is 836. The number of aromatic nitrogens is 4. The molecule has 28 heavy (non-hydrogen) atoms. The van der Waals surface area contributed by atoms with E-state index < -0.39 is 36.5 Å². The van der Waals surface area contributed by atoms with Crippen LogP contribution in [0.15, 0.2) is 12.7 Å². The highest BCUT2D eigenvalue weighted by Gasteiger charge is 2.45. The summed E-state index contributed by atoms with van der Waals surface area (Å²) in [5.41, 5.74) is 12.2. The van der Waals surface area contributed by atoms with Gasteiger partial charge in [-0.25, -0.2) is 20.0 Å². The fourth-order valence-electron chi connectivity index (χ4n) is 2.99. The van der Waals surface area contributed by atoms with Crippen molar-refractivity contribution >= 4 is 34.7 Å². The van der Waals surface area contributed by atoms with E-state index in [1.165, 1.54) is 29.0 Å². The van der Waals surface area contributed by atoms with E-state index in [1.807, 2.05) is 6.26 Å². The standard InChI is InChI=1S/C15H23N7O5S/c1-28-3-2-7(16)14(25)22(26)4-8-10(23)11(24)15(27-8)21-6-20-9-12(17)18-5-19-13(9)21/h5-8,10-11,15,23-24,26H,2-4,16H2,1H3,(H2,17,18,19)/t7-,8+,10+,11+,15?/m0/s1. The van der Waals surface area contributed by atoms with E-state index in [0.717, 1.165) is 0 Å². The van der Waals surface area contributed by atoms with E-state index in [1.54, 1.807) is 0 Å². The van der Waals surface area contributed by atoms with Crippen LogP contribution in [-0.4, -0.2) is 88.8 Å². The third-order valence-corrected chi connectivity index (χ3v) is 5.20. The Kier molecular flexibility index (Phi) is 6.32. The molecule has 1 aliphatic heterocycles. The van der Waals surface area contributed by atoms with E-state index in [9.17, 15) is 20.2 Å². The predicted octanol–water partition coefficient (Wildman–Crippen LogP) is -1.67. The second kappa shape index (κ2) is 8.55. The molecule has 0 aromatic carbocycles. The first-order valence-corrected chi connectivity index (χ1v) is 9.94. The van der Waals surface area contributed by atoms with Crippen LogP contribution in [0.5, 0.6) is 0 Å². The minimum atomic E-state index is -1.36. The highest BCUT2D eigenvalue weighted by Crippen LogP contribution is 2.32. The minimum Gasteiger partial charge on any atom is -0.387 e. The van der Waals surface area contributed by atoms with Crippen molar-refractivity contribution < 1.29 is 25.0 Å². The lowest BCUT2D eigenvalue weighted by Crippen LogP contribution is -2.47. The van der Waals surface area contributed by atoms with Crippen molar-refractivity contribution in [3.63, 3.8) is 0 Å². The summed E-state index contributed by atoms with van der Waals surface area (Å²) in [5.74, 6) is 0.152. The molecule has 3 heterocycles. The maximum Gasteiger partial charge on any atom is 0.262 e. The number of carbonyl (C=O) groups excluding carboxylic acids is 1. The maximum absolute atomic E-state index is 12.1. The summed E-state index contributed by atoms with van der Waals surface area (Å²) in [5, 5.41) is 31.2. The van der Waals surface area contributed by atoms with Crippen molar-refractivity contribution in [1.82, 2.24) is 24.6 Å². The molecule has 12 nitrogen and oxygen atoms in total. The lowest BCUT2D eigenvalue weighted by atomic mass is 10.1. The summed E-state index contributed by atoms with van der Waals surface area (Å²) < 4.78 is 7.09. The largest absolute Gasteiger partial charge is 0.387 e. The number of aliphatic hydroxyl groups is 2. The number of hydrogen-bond donors (Lipinski definition) is 5. The molecule has 7 N–H and O–H groups in total. The van der Waals surface area contributed by atoms with E-state index in [2.05, 4.69) is 15.0 Å². The van der Waals surface area contributed by atoms with Crippen LogP contribution < -0.4 is 11.5 Å². The van der Waals surface area contributed by atoms with Gasteiger partial charge in [-0.05, 0) is 18.4 Å². The molecule has 154 valence electrons. The lowest BCUT2D eigenvalue weighted by Gasteiger charge is -2.23. The number of ether oxygens (including phenoxy) is 1. The first-order valence-electron chi connectivity index (χ1n) is 8.54. The van der Waals surface area contributed by atoms with Gasteiger partial charge in [-0.2, -0.15) is 11.8 Å². The second-order valence-corrected chi connectivity index (χ2v) is 7.42. The number of amides is 1. The Balaban J connectivity index is 1.72. The zero-order chi connectivity index (χ0) is 20.4. The molecule has 1 fully saturated rings. The first kappa shape index (κ1) is 20.7. The van der Waals surface area contributed by atoms with Crippen molar-refractivity contribution in [2.75, 3.05) is 24.3 Å². The van der Waals surface area contributed by atoms with Crippen LogP contribution in [0.3, 0.4) is 0 Å². The molecule has 0 radical (unpaired) electrons. The quantitative estimate of drug-likeness (QED) is 0.258. The number of nitrogens with two attached hydrogens (primary N) is 2. The Hall–Kier alpha value is -2.03. The molecule has 0 saturated carbocycles. The third-order valence-electron chi connectivity index (χ3n) is 4.56. The number of thioether (sulfide) groups is 1. The molecule has 1 unspecified atom stereocenters. The van der Waals surface area contributed by atoms with Crippen molar-refractivity contribution in [1.29, 1.82) is 0 Å². The number of rotatable bonds is 7. The number of aliphatic hydroxyl groups excluding tert-OH is 2. The normalized spacial score (nSPS) is 25.9. The van der Waals surface area contributed by atoms with Crippen LogP contribution >= 0.6 is 11.8 Å². The van der Waals surface area contributed by atoms with Gasteiger partial charge in [0.15, 0.2) is 17.7 Å². The van der Waals surface area contributed by atoms with Crippen molar-refractivity contribution in [2.45, 2.75) is 37.0 Å². The van der Waals surface area contributed by atoms with Gasteiger partial charge in [-0.15, -0.1) is 0 Å². The molecule has 0 spiro atoms. The SMILES string of the molecule is CSCC[C@H](N)C(=O)N(O)C[C@H]1OC(n2cnc3c(N)ncnc32)[C@H](O)[C@@H]1O. The van der Waals surface area contributed by atoms with Gasteiger partial charge >= 0.3 is 0 Å². The van der Waals surface area contributed by atoms with Crippen LogP contribution in [0.2, 0.25) is 0 Å². The van der Waals surface area contributed by atoms with Gasteiger partial charge in [0.05, 0.1) is 18.9 Å². The maximum atomic E-state index is 12.1. The van der Waals surface area contributed by atoms with Crippen LogP contribution in [0.1, 0.15) is 12.6 Å². The van der Waals surface area contributed by atoms with Gasteiger partial charge in [-0.1, -0.05) is 0 Å². The summed E-state index contributed by atoms with van der Waals surface area (Å²) in [6.07, 6.45) is 0.119. The summed E-state index contributed by atoms with van der Waals surface area (Å²) in [6, 6.07) is -0.867. The van der Waals surface area contributed by atoms with Gasteiger partial charge in [0.2, 0.25) is 0 Å². The van der Waals surface area contributed by atoms with E-state index in [0.29, 0.717) is 28.4 Å². The van der Waals surface area contributed by atoms with Crippen LogP contribution in [0, 0.1) is 0 Å². The predicted molar refractivity (Wildman–Crippen MR) is 100 cm³/mol. The Morgan fingerprint density at radius 2 is 2.14 bits per heavy atom. The van der Waals surface area contributed by atoms with Crippen molar-refractivity contribution in [3.8, 4) is 0 Å². The molecular weight excluding hydrogens is 390 g/mol. The van der Waals surface area contributed by atoms with E-state index in [-0.39, 0.29) is 12.4 Å². The van der Waals surface area contributed by atoms with Crippen molar-refractivity contribution in [2.24, 2.45) is 5.73 Å². The number of imidazole rings is 1. The van der Waals surface area contributed by atoms with Gasteiger partial charge in [-0.3, -0.25) is 14.6 Å². The summed E-state index contributed by atoms with van der Waals surface area (Å²) in [6.45, 7) is -0.357. The lowest BCUT2D eigenvalue weighted by molar-refractivity contribution is -0.177. The molecule has 0 aliphatic carbocycles. The number of nitrogen functional groups attached to an aromatic ring is 1. The average Bonchev–Trinajstić information content (AvgIpc) is 3.22. The molecule has 1 aliphatic rings. The topological polar surface area (TPSA) is 186 Å². The second-order valence-electron chi connectivity index (χ2n) is 6.44. The van der Waals surface area contributed by atoms with E-state index in [4.69, 9.17) is 16.2 Å². The number of hydroxylamine groups is 2. The fraction of sp³-hybridized carbons (Fsp3) is 0.600. The Morgan fingerprint density at radius 1 is 1.39 bits per heavy atom. The molecule has 13 heteroatoms. The summed E-state index contributed by atoms with van der Waals surface area (Å²) >= 11 is 1.54. The molecule has 3 rings (SSSR count). The van der Waals surface area contributed by atoms with Gasteiger partial charge in [0.1, 0.15) is 30.2 Å². The molecule has 0 bridgehead atoms. The Labute approximate surface area is 164 Å². The highest BCUT2D eigenvalue weighted by atomic mass is 32.2. The number of nitrogens with zero attached hydrogens (tertiary/aromatic N) is 5. The molecule has 1 amide bonds. The Morgan fingerprint density at radius 3 is 2.86 bits per heavy atom. The highest BCUT2D eigenvalue weighted by molar-refractivity contribution is 7.98. The zero-order valence-corrected chi connectivity index (χ0v) is 15.9. The molecule has 2 aromatic rings. The zero-order valence-electron chi connectivity index (χ0n) is 15.1. The smallest absolute Gasteiger partial charge is 0.262 e. The third kappa shape index (κ3) is 3.90. The average molecular weight is 413 g/mol. The number of fused-ring (bicyclic) bond motifs is 1. The molecule has 5 atom stereocenters. The number of anilines is 1. The number of carbonyl (C=O) groups is 1. The summed E-state index contributed by atoms with van der Waals surface area (Å²) in [7, 11) is 0. The van der Waals surface area contributed by atoms with Gasteiger partial charge < -0.3 is 26.4 Å². The van der Waals surface area contributed by atoms with Crippen LogP contribution in [-0.2, 0) is 9.53 Å². The van der Waals surface area contributed by atoms with E-state index >= 15 is 0 Å². The first-order chi connectivity index (χ1) is 13.3. The molecule has 1 saturated heterocycles. The minimum absolute atomic E-state index is 0.166. The van der Waals surface area contributed by atoms with Gasteiger partial charge in [0.25, 0.3) is 5.91 Å². The fourth-order valence-corrected chi connectivity index (χ4v) is 3.48. The van der Waals surface area contributed by atoms with Crippen LogP contribution in [0.4, 0.5) is 5.82 Å². The molecular formula is C15H23N7O5S. The molecule has 2 aromatic heterocycles. The van der Waals surface area contributed by atoms with Crippen molar-refractivity contribution in [3.05, 3.63) is 12.7 Å². The summed E-state index contributed by atoms with van der Waals surface area (Å²) in [4.78, 5) is 24.2. The monoisotopic (exact) mass is 413 g/mol. The number of hydrogen-bond acceptors (Lipinski definition) is 11. The van der Waals surface area contributed by atoms with Crippen LogP contribution in [0.25, 0.3) is 11.2 Å². The van der Waals surface area contributed by atoms with Gasteiger partial charge in [0, 0.05) is 0 Å².